The van der Waals surface area contributed by atoms with E-state index in [4.69, 9.17) is 0 Å². The molecule has 32 heavy (non-hydrogen) atoms. The molecule has 2 amide bonds. The van der Waals surface area contributed by atoms with E-state index in [0.717, 1.165) is 31.4 Å². The molecule has 1 aromatic heterocycles. The summed E-state index contributed by atoms with van der Waals surface area (Å²) in [6.45, 7) is 0. The van der Waals surface area contributed by atoms with E-state index in [1.807, 2.05) is 78.4 Å². The molecular formula is C24H21N3O2S3. The Morgan fingerprint density at radius 2 is 1.62 bits per heavy atom. The second-order valence-corrected chi connectivity index (χ2v) is 9.82. The van der Waals surface area contributed by atoms with Crippen LogP contribution in [0.4, 0.5) is 11.4 Å². The van der Waals surface area contributed by atoms with Gasteiger partial charge in [-0.2, -0.15) is 0 Å². The van der Waals surface area contributed by atoms with E-state index in [1.165, 1.54) is 23.1 Å². The van der Waals surface area contributed by atoms with Gasteiger partial charge in [-0.05, 0) is 29.8 Å². The number of thioether (sulfide) groups is 2. The maximum atomic E-state index is 12.5. The van der Waals surface area contributed by atoms with Crippen molar-refractivity contribution >= 4 is 68.8 Å². The molecule has 8 heteroatoms. The standard InChI is InChI=1S/C24H21N3O2S3/c1-30-21-12-5-4-10-20(21)27-22(28)13-17-14-31-24(25-17)32-15-23(29)26-19-11-6-8-16-7-2-3-9-18(16)19/h2-12,14H,13,15H2,1H3,(H,26,29)(H,27,28). The van der Waals surface area contributed by atoms with Crippen LogP contribution in [-0.4, -0.2) is 28.8 Å². The Morgan fingerprint density at radius 1 is 0.906 bits per heavy atom. The van der Waals surface area contributed by atoms with Crippen molar-refractivity contribution in [2.24, 2.45) is 0 Å². The van der Waals surface area contributed by atoms with Crippen molar-refractivity contribution in [2.75, 3.05) is 22.6 Å². The predicted octanol–water partition coefficient (Wildman–Crippen LogP) is 5.93. The molecule has 0 aliphatic carbocycles. The van der Waals surface area contributed by atoms with Crippen LogP contribution in [0.15, 0.2) is 81.3 Å². The third-order valence-corrected chi connectivity index (χ3v) is 7.51. The second-order valence-electron chi connectivity index (χ2n) is 6.89. The fourth-order valence-electron chi connectivity index (χ4n) is 3.19. The van der Waals surface area contributed by atoms with Crippen LogP contribution in [0, 0.1) is 0 Å². The van der Waals surface area contributed by atoms with Crippen LogP contribution in [0.2, 0.25) is 0 Å². The number of hydrogen-bond acceptors (Lipinski definition) is 6. The van der Waals surface area contributed by atoms with Gasteiger partial charge < -0.3 is 10.6 Å². The number of amides is 2. The van der Waals surface area contributed by atoms with Gasteiger partial charge >= 0.3 is 0 Å². The highest BCUT2D eigenvalue weighted by molar-refractivity contribution is 8.01. The summed E-state index contributed by atoms with van der Waals surface area (Å²) in [7, 11) is 0. The zero-order valence-electron chi connectivity index (χ0n) is 17.3. The fraction of sp³-hybridized carbons (Fsp3) is 0.125. The summed E-state index contributed by atoms with van der Waals surface area (Å²) in [4.78, 5) is 30.4. The van der Waals surface area contributed by atoms with E-state index in [9.17, 15) is 9.59 Å². The van der Waals surface area contributed by atoms with Crippen molar-refractivity contribution in [1.82, 2.24) is 4.98 Å². The minimum absolute atomic E-state index is 0.0884. The number of benzene rings is 3. The minimum atomic E-state index is -0.109. The van der Waals surface area contributed by atoms with E-state index in [2.05, 4.69) is 15.6 Å². The molecule has 0 aliphatic rings. The topological polar surface area (TPSA) is 71.1 Å². The molecule has 0 aliphatic heterocycles. The van der Waals surface area contributed by atoms with Crippen LogP contribution < -0.4 is 10.6 Å². The third kappa shape index (κ3) is 5.70. The van der Waals surface area contributed by atoms with Crippen molar-refractivity contribution in [1.29, 1.82) is 0 Å². The first-order valence-corrected chi connectivity index (χ1v) is 13.0. The van der Waals surface area contributed by atoms with Gasteiger partial charge in [0.2, 0.25) is 11.8 Å². The largest absolute Gasteiger partial charge is 0.325 e. The van der Waals surface area contributed by atoms with Crippen LogP contribution in [0.3, 0.4) is 0 Å². The number of carbonyl (C=O) groups is 2. The van der Waals surface area contributed by atoms with Gasteiger partial charge in [-0.15, -0.1) is 23.1 Å². The van der Waals surface area contributed by atoms with Gasteiger partial charge in [0.05, 0.1) is 23.6 Å². The number of anilines is 2. The number of thiazole rings is 1. The lowest BCUT2D eigenvalue weighted by Crippen LogP contribution is -2.15. The summed E-state index contributed by atoms with van der Waals surface area (Å²) in [5.74, 6) is 0.0558. The Morgan fingerprint density at radius 3 is 2.50 bits per heavy atom. The lowest BCUT2D eigenvalue weighted by molar-refractivity contribution is -0.116. The molecule has 0 spiro atoms. The number of nitrogens with zero attached hydrogens (tertiary/aromatic N) is 1. The van der Waals surface area contributed by atoms with Crippen LogP contribution in [-0.2, 0) is 16.0 Å². The van der Waals surface area contributed by atoms with E-state index in [-0.39, 0.29) is 24.0 Å². The highest BCUT2D eigenvalue weighted by atomic mass is 32.2. The van der Waals surface area contributed by atoms with Crippen molar-refractivity contribution in [3.63, 3.8) is 0 Å². The summed E-state index contributed by atoms with van der Waals surface area (Å²) >= 11 is 4.40. The average Bonchev–Trinajstić information content (AvgIpc) is 3.25. The average molecular weight is 480 g/mol. The van der Waals surface area contributed by atoms with Crippen LogP contribution >= 0.6 is 34.9 Å². The number of aromatic nitrogens is 1. The molecule has 0 atom stereocenters. The van der Waals surface area contributed by atoms with Gasteiger partial charge in [0.15, 0.2) is 4.34 Å². The first-order chi connectivity index (χ1) is 15.6. The highest BCUT2D eigenvalue weighted by Gasteiger charge is 2.12. The van der Waals surface area contributed by atoms with Gasteiger partial charge in [0.1, 0.15) is 0 Å². The van der Waals surface area contributed by atoms with E-state index in [1.54, 1.807) is 11.8 Å². The molecule has 0 bridgehead atoms. The number of fused-ring (bicyclic) bond motifs is 1. The van der Waals surface area contributed by atoms with Crippen molar-refractivity contribution in [3.05, 3.63) is 77.8 Å². The molecule has 0 radical (unpaired) electrons. The summed E-state index contributed by atoms with van der Waals surface area (Å²) in [5.41, 5.74) is 2.31. The number of hydrogen-bond donors (Lipinski definition) is 2. The summed E-state index contributed by atoms with van der Waals surface area (Å²) < 4.78 is 0.769. The molecule has 4 rings (SSSR count). The van der Waals surface area contributed by atoms with Crippen molar-refractivity contribution in [2.45, 2.75) is 15.7 Å². The van der Waals surface area contributed by atoms with Crippen LogP contribution in [0.5, 0.6) is 0 Å². The van der Waals surface area contributed by atoms with Gasteiger partial charge in [-0.3, -0.25) is 9.59 Å². The number of nitrogens with one attached hydrogen (secondary N) is 2. The van der Waals surface area contributed by atoms with Crippen LogP contribution in [0.25, 0.3) is 10.8 Å². The van der Waals surface area contributed by atoms with Crippen molar-refractivity contribution < 1.29 is 9.59 Å². The predicted molar refractivity (Wildman–Crippen MR) is 136 cm³/mol. The maximum Gasteiger partial charge on any atom is 0.234 e. The fourth-order valence-corrected chi connectivity index (χ4v) is 5.39. The highest BCUT2D eigenvalue weighted by Crippen LogP contribution is 2.27. The summed E-state index contributed by atoms with van der Waals surface area (Å²) in [6.07, 6.45) is 2.17. The molecule has 3 aromatic carbocycles. The number of carbonyl (C=O) groups excluding carboxylic acids is 2. The van der Waals surface area contributed by atoms with E-state index < -0.39 is 0 Å². The smallest absolute Gasteiger partial charge is 0.234 e. The van der Waals surface area contributed by atoms with E-state index >= 15 is 0 Å². The summed E-state index contributed by atoms with van der Waals surface area (Å²) in [6, 6.07) is 21.5. The zero-order chi connectivity index (χ0) is 22.3. The molecule has 162 valence electrons. The van der Waals surface area contributed by atoms with Crippen molar-refractivity contribution in [3.8, 4) is 0 Å². The number of rotatable bonds is 8. The Bertz CT molecular complexity index is 1250. The Balaban J connectivity index is 1.30. The molecule has 1 heterocycles. The molecular weight excluding hydrogens is 458 g/mol. The zero-order valence-corrected chi connectivity index (χ0v) is 19.8. The minimum Gasteiger partial charge on any atom is -0.325 e. The van der Waals surface area contributed by atoms with Gasteiger partial charge in [0, 0.05) is 21.3 Å². The molecule has 4 aromatic rings. The quantitative estimate of drug-likeness (QED) is 0.307. The second kappa shape index (κ2) is 10.7. The van der Waals surface area contributed by atoms with Gasteiger partial charge in [-0.25, -0.2) is 4.98 Å². The number of para-hydroxylation sites is 1. The van der Waals surface area contributed by atoms with Crippen LogP contribution in [0.1, 0.15) is 5.69 Å². The Hall–Kier alpha value is -2.81. The van der Waals surface area contributed by atoms with Gasteiger partial charge in [0.25, 0.3) is 0 Å². The Kier molecular flexibility index (Phi) is 7.47. The van der Waals surface area contributed by atoms with Gasteiger partial charge in [-0.1, -0.05) is 60.3 Å². The SMILES string of the molecule is CSc1ccccc1NC(=O)Cc1csc(SCC(=O)Nc2cccc3ccccc23)n1. The molecule has 0 fully saturated rings. The summed E-state index contributed by atoms with van der Waals surface area (Å²) in [5, 5.41) is 9.89. The first kappa shape index (κ1) is 22.4. The molecule has 5 nitrogen and oxygen atoms in total. The Labute approximate surface area is 199 Å². The molecule has 0 saturated heterocycles. The molecule has 2 N–H and O–H groups in total. The first-order valence-electron chi connectivity index (χ1n) is 9.90. The maximum absolute atomic E-state index is 12.5. The molecule has 0 unspecified atom stereocenters. The monoisotopic (exact) mass is 479 g/mol. The third-order valence-electron chi connectivity index (χ3n) is 4.64. The lowest BCUT2D eigenvalue weighted by atomic mass is 10.1. The lowest BCUT2D eigenvalue weighted by Gasteiger charge is -2.08. The molecule has 0 saturated carbocycles. The van der Waals surface area contributed by atoms with E-state index in [0.29, 0.717) is 5.69 Å². The normalized spacial score (nSPS) is 10.8.